The van der Waals surface area contributed by atoms with Gasteiger partial charge in [-0.1, -0.05) is 11.6 Å². The molecule has 68 valence electrons. The molecule has 1 heterocycles. The van der Waals surface area contributed by atoms with Crippen molar-refractivity contribution >= 4 is 22.9 Å². The summed E-state index contributed by atoms with van der Waals surface area (Å²) in [5.41, 5.74) is 0.149. The van der Waals surface area contributed by atoms with Crippen molar-refractivity contribution in [2.24, 2.45) is 0 Å². The molecule has 0 saturated heterocycles. The Bertz CT molecular complexity index is 252. The Morgan fingerprint density at radius 2 is 2.25 bits per heavy atom. The summed E-state index contributed by atoms with van der Waals surface area (Å²) >= 11 is 7.21. The van der Waals surface area contributed by atoms with Crippen molar-refractivity contribution in [3.63, 3.8) is 0 Å². The smallest absolute Gasteiger partial charge is 0.183 e. The first-order valence-electron chi connectivity index (χ1n) is 3.82. The molecule has 0 radical (unpaired) electrons. The molecule has 12 heavy (non-hydrogen) atoms. The first-order valence-corrected chi connectivity index (χ1v) is 5.02. The molecule has 0 spiro atoms. The van der Waals surface area contributed by atoms with Gasteiger partial charge in [0.2, 0.25) is 0 Å². The van der Waals surface area contributed by atoms with E-state index in [0.29, 0.717) is 4.47 Å². The Labute approximate surface area is 82.0 Å². The van der Waals surface area contributed by atoms with Crippen molar-refractivity contribution < 1.29 is 0 Å². The zero-order valence-corrected chi connectivity index (χ0v) is 9.09. The van der Waals surface area contributed by atoms with Gasteiger partial charge >= 0.3 is 0 Å². The summed E-state index contributed by atoms with van der Waals surface area (Å²) in [5.74, 6) is 0. The quantitative estimate of drug-likeness (QED) is 0.802. The van der Waals surface area contributed by atoms with Crippen LogP contribution in [0.2, 0.25) is 4.47 Å². The van der Waals surface area contributed by atoms with E-state index in [1.807, 2.05) is 6.20 Å². The van der Waals surface area contributed by atoms with Crippen molar-refractivity contribution in [3.8, 4) is 0 Å². The lowest BCUT2D eigenvalue weighted by Gasteiger charge is -2.19. The molecule has 0 aromatic carbocycles. The number of halogens is 1. The van der Waals surface area contributed by atoms with Gasteiger partial charge in [-0.15, -0.1) is 11.3 Å². The fourth-order valence-electron chi connectivity index (χ4n) is 0.718. The Balaban J connectivity index is 2.44. The van der Waals surface area contributed by atoms with Crippen LogP contribution in [0.1, 0.15) is 25.6 Å². The van der Waals surface area contributed by atoms with Gasteiger partial charge in [0.15, 0.2) is 4.47 Å². The van der Waals surface area contributed by atoms with Crippen LogP contribution < -0.4 is 5.32 Å². The molecule has 1 aromatic heterocycles. The largest absolute Gasteiger partial charge is 0.307 e. The highest BCUT2D eigenvalue weighted by Crippen LogP contribution is 2.17. The lowest BCUT2D eigenvalue weighted by atomic mass is 10.1. The number of rotatable bonds is 2. The number of nitrogens with zero attached hydrogens (tertiary/aromatic N) is 1. The van der Waals surface area contributed by atoms with Gasteiger partial charge in [-0.25, -0.2) is 4.98 Å². The number of hydrogen-bond acceptors (Lipinski definition) is 3. The fraction of sp³-hybridized carbons (Fsp3) is 0.625. The standard InChI is InChI=1S/C8H13ClN2S/c1-8(2,3)11-5-6-4-10-7(9)12-6/h4,11H,5H2,1-3H3. The second kappa shape index (κ2) is 3.73. The molecule has 0 atom stereocenters. The molecule has 0 unspecified atom stereocenters. The maximum Gasteiger partial charge on any atom is 0.183 e. The van der Waals surface area contributed by atoms with Crippen LogP contribution in [-0.2, 0) is 6.54 Å². The zero-order chi connectivity index (χ0) is 9.19. The summed E-state index contributed by atoms with van der Waals surface area (Å²) in [6, 6.07) is 0. The minimum atomic E-state index is 0.149. The van der Waals surface area contributed by atoms with E-state index >= 15 is 0 Å². The molecule has 4 heteroatoms. The van der Waals surface area contributed by atoms with Crippen LogP contribution in [0.15, 0.2) is 6.20 Å². The molecule has 1 rings (SSSR count). The average molecular weight is 205 g/mol. The van der Waals surface area contributed by atoms with Gasteiger partial charge in [0.1, 0.15) is 0 Å². The molecule has 0 aliphatic rings. The van der Waals surface area contributed by atoms with Crippen molar-refractivity contribution in [3.05, 3.63) is 15.5 Å². The average Bonchev–Trinajstić information content (AvgIpc) is 2.30. The van der Waals surface area contributed by atoms with Gasteiger partial charge in [-0.05, 0) is 20.8 Å². The molecule has 0 amide bonds. The van der Waals surface area contributed by atoms with E-state index in [1.165, 1.54) is 16.2 Å². The van der Waals surface area contributed by atoms with Gasteiger partial charge in [0.25, 0.3) is 0 Å². The first-order chi connectivity index (χ1) is 5.47. The second-order valence-electron chi connectivity index (χ2n) is 3.68. The van der Waals surface area contributed by atoms with Crippen molar-refractivity contribution in [1.82, 2.24) is 10.3 Å². The highest BCUT2D eigenvalue weighted by Gasteiger charge is 2.09. The maximum atomic E-state index is 5.69. The van der Waals surface area contributed by atoms with Gasteiger partial charge in [0.05, 0.1) is 0 Å². The highest BCUT2D eigenvalue weighted by molar-refractivity contribution is 7.15. The summed E-state index contributed by atoms with van der Waals surface area (Å²) in [5, 5.41) is 3.36. The minimum Gasteiger partial charge on any atom is -0.307 e. The molecule has 2 nitrogen and oxygen atoms in total. The lowest BCUT2D eigenvalue weighted by Crippen LogP contribution is -2.34. The third-order valence-corrected chi connectivity index (χ3v) is 2.43. The minimum absolute atomic E-state index is 0.149. The van der Waals surface area contributed by atoms with Gasteiger partial charge in [-0.2, -0.15) is 0 Å². The van der Waals surface area contributed by atoms with Gasteiger partial charge < -0.3 is 5.32 Å². The first kappa shape index (κ1) is 9.96. The van der Waals surface area contributed by atoms with Crippen LogP contribution >= 0.6 is 22.9 Å². The third-order valence-electron chi connectivity index (χ3n) is 1.32. The lowest BCUT2D eigenvalue weighted by molar-refractivity contribution is 0.426. The molecular weight excluding hydrogens is 192 g/mol. The summed E-state index contributed by atoms with van der Waals surface area (Å²) in [4.78, 5) is 5.14. The van der Waals surface area contributed by atoms with Gasteiger partial charge in [0, 0.05) is 23.2 Å². The van der Waals surface area contributed by atoms with E-state index in [9.17, 15) is 0 Å². The second-order valence-corrected chi connectivity index (χ2v) is 5.38. The van der Waals surface area contributed by atoms with E-state index in [1.54, 1.807) is 0 Å². The Hall–Kier alpha value is -0.120. The van der Waals surface area contributed by atoms with E-state index in [0.717, 1.165) is 6.54 Å². The molecule has 0 fully saturated rings. The van der Waals surface area contributed by atoms with Crippen molar-refractivity contribution in [2.45, 2.75) is 32.9 Å². The summed E-state index contributed by atoms with van der Waals surface area (Å²) in [6.45, 7) is 7.24. The molecule has 0 bridgehead atoms. The van der Waals surface area contributed by atoms with Crippen LogP contribution in [0, 0.1) is 0 Å². The molecule has 1 N–H and O–H groups in total. The Morgan fingerprint density at radius 3 is 2.67 bits per heavy atom. The van der Waals surface area contributed by atoms with Crippen LogP contribution in [-0.4, -0.2) is 10.5 Å². The predicted octanol–water partition coefficient (Wildman–Crippen LogP) is 2.68. The van der Waals surface area contributed by atoms with Gasteiger partial charge in [-0.3, -0.25) is 0 Å². The van der Waals surface area contributed by atoms with E-state index < -0.39 is 0 Å². The van der Waals surface area contributed by atoms with Crippen molar-refractivity contribution in [1.29, 1.82) is 0 Å². The van der Waals surface area contributed by atoms with E-state index in [-0.39, 0.29) is 5.54 Å². The predicted molar refractivity (Wildman–Crippen MR) is 53.7 cm³/mol. The third kappa shape index (κ3) is 3.52. The topological polar surface area (TPSA) is 24.9 Å². The van der Waals surface area contributed by atoms with Crippen LogP contribution in [0.5, 0.6) is 0 Å². The number of hydrogen-bond donors (Lipinski definition) is 1. The fourth-order valence-corrected chi connectivity index (χ4v) is 1.64. The highest BCUT2D eigenvalue weighted by atomic mass is 35.5. The summed E-state index contributed by atoms with van der Waals surface area (Å²) in [6.07, 6.45) is 1.81. The number of thiazole rings is 1. The molecule has 0 aliphatic carbocycles. The number of nitrogens with one attached hydrogen (secondary N) is 1. The van der Waals surface area contributed by atoms with E-state index in [2.05, 4.69) is 31.1 Å². The van der Waals surface area contributed by atoms with Crippen LogP contribution in [0.25, 0.3) is 0 Å². The normalized spacial score (nSPS) is 12.0. The molecule has 1 aromatic rings. The summed E-state index contributed by atoms with van der Waals surface area (Å²) < 4.78 is 0.612. The Morgan fingerprint density at radius 1 is 1.58 bits per heavy atom. The van der Waals surface area contributed by atoms with Crippen molar-refractivity contribution in [2.75, 3.05) is 0 Å². The maximum absolute atomic E-state index is 5.69. The van der Waals surface area contributed by atoms with Crippen LogP contribution in [0.4, 0.5) is 0 Å². The van der Waals surface area contributed by atoms with E-state index in [4.69, 9.17) is 11.6 Å². The summed E-state index contributed by atoms with van der Waals surface area (Å²) in [7, 11) is 0. The Kier molecular flexibility index (Phi) is 3.09. The van der Waals surface area contributed by atoms with Crippen LogP contribution in [0.3, 0.4) is 0 Å². The monoisotopic (exact) mass is 204 g/mol. The molecular formula is C8H13ClN2S. The molecule has 0 saturated carbocycles. The molecule has 0 aliphatic heterocycles. The SMILES string of the molecule is CC(C)(C)NCc1cnc(Cl)s1. The number of aromatic nitrogens is 1. The zero-order valence-electron chi connectivity index (χ0n) is 7.52.